The summed E-state index contributed by atoms with van der Waals surface area (Å²) in [6.45, 7) is 0.955. The predicted molar refractivity (Wildman–Crippen MR) is 76.6 cm³/mol. The van der Waals surface area contributed by atoms with Gasteiger partial charge >= 0.3 is 5.97 Å². The molecule has 1 aromatic heterocycles. The minimum absolute atomic E-state index is 0.233. The molecule has 1 aromatic carbocycles. The van der Waals surface area contributed by atoms with E-state index in [0.717, 1.165) is 22.9 Å². The van der Waals surface area contributed by atoms with Crippen molar-refractivity contribution in [3.8, 4) is 0 Å². The van der Waals surface area contributed by atoms with Crippen LogP contribution in [0.25, 0.3) is 10.9 Å². The van der Waals surface area contributed by atoms with Gasteiger partial charge in [0.05, 0.1) is 18.0 Å². The Morgan fingerprint density at radius 1 is 1.30 bits per heavy atom. The number of carboxylic acid groups (broad SMARTS) is 1. The first-order valence-electron chi connectivity index (χ1n) is 6.60. The molecule has 0 radical (unpaired) electrons. The number of aliphatic carboxylic acids is 1. The number of nitrogens with one attached hydrogen (secondary N) is 1. The molecule has 1 heterocycles. The number of hydrogen-bond acceptors (Lipinski definition) is 4. The molecular formula is C15H18N2O3. The summed E-state index contributed by atoms with van der Waals surface area (Å²) in [7, 11) is 0. The highest BCUT2D eigenvalue weighted by atomic mass is 16.4. The molecule has 5 nitrogen and oxygen atoms in total. The van der Waals surface area contributed by atoms with Crippen LogP contribution in [0, 0.1) is 0 Å². The number of aliphatic hydroxyl groups is 1. The van der Waals surface area contributed by atoms with Crippen molar-refractivity contribution in [2.24, 2.45) is 0 Å². The first kappa shape index (κ1) is 14.4. The molecule has 2 aromatic rings. The van der Waals surface area contributed by atoms with E-state index in [1.54, 1.807) is 6.20 Å². The lowest BCUT2D eigenvalue weighted by atomic mass is 10.1. The fourth-order valence-corrected chi connectivity index (χ4v) is 2.13. The van der Waals surface area contributed by atoms with E-state index in [4.69, 9.17) is 5.11 Å². The van der Waals surface area contributed by atoms with Gasteiger partial charge < -0.3 is 15.5 Å². The Bertz CT molecular complexity index is 581. The van der Waals surface area contributed by atoms with Crippen LogP contribution < -0.4 is 5.32 Å². The van der Waals surface area contributed by atoms with Crippen molar-refractivity contribution in [2.45, 2.75) is 18.9 Å². The van der Waals surface area contributed by atoms with Crippen LogP contribution in [0.5, 0.6) is 0 Å². The van der Waals surface area contributed by atoms with Crippen molar-refractivity contribution >= 4 is 16.9 Å². The second-order valence-corrected chi connectivity index (χ2v) is 4.70. The molecule has 0 bridgehead atoms. The van der Waals surface area contributed by atoms with Crippen molar-refractivity contribution in [1.29, 1.82) is 0 Å². The van der Waals surface area contributed by atoms with E-state index < -0.39 is 12.1 Å². The third-order valence-electron chi connectivity index (χ3n) is 3.08. The van der Waals surface area contributed by atoms with E-state index in [1.807, 2.05) is 30.3 Å². The van der Waals surface area contributed by atoms with Gasteiger partial charge in [0.15, 0.2) is 0 Å². The van der Waals surface area contributed by atoms with Crippen LogP contribution in [0.15, 0.2) is 36.5 Å². The van der Waals surface area contributed by atoms with Gasteiger partial charge in [0.25, 0.3) is 0 Å². The number of aromatic nitrogens is 1. The highest BCUT2D eigenvalue weighted by Gasteiger charge is 2.08. The van der Waals surface area contributed by atoms with Gasteiger partial charge in [0.1, 0.15) is 0 Å². The van der Waals surface area contributed by atoms with Gasteiger partial charge in [-0.25, -0.2) is 0 Å². The van der Waals surface area contributed by atoms with E-state index >= 15 is 0 Å². The summed E-state index contributed by atoms with van der Waals surface area (Å²) >= 11 is 0. The number of aliphatic hydroxyl groups excluding tert-OH is 1. The van der Waals surface area contributed by atoms with Crippen molar-refractivity contribution in [3.05, 3.63) is 42.1 Å². The molecule has 0 fully saturated rings. The van der Waals surface area contributed by atoms with E-state index in [-0.39, 0.29) is 13.0 Å². The van der Waals surface area contributed by atoms with Crippen LogP contribution >= 0.6 is 0 Å². The monoisotopic (exact) mass is 274 g/mol. The average Bonchev–Trinajstić information content (AvgIpc) is 2.43. The molecule has 1 atom stereocenters. The normalized spacial score (nSPS) is 12.4. The Kier molecular flexibility index (Phi) is 5.03. The molecule has 0 aliphatic heterocycles. The number of hydrogen-bond donors (Lipinski definition) is 3. The maximum atomic E-state index is 10.4. The number of nitrogens with zero attached hydrogens (tertiary/aromatic N) is 1. The summed E-state index contributed by atoms with van der Waals surface area (Å²) in [4.78, 5) is 14.8. The largest absolute Gasteiger partial charge is 0.481 e. The van der Waals surface area contributed by atoms with E-state index in [9.17, 15) is 9.90 Å². The summed E-state index contributed by atoms with van der Waals surface area (Å²) in [5, 5.41) is 22.1. The van der Waals surface area contributed by atoms with Crippen LogP contribution in [0.1, 0.15) is 12.0 Å². The van der Waals surface area contributed by atoms with Crippen LogP contribution in [0.4, 0.5) is 0 Å². The lowest BCUT2D eigenvalue weighted by Crippen LogP contribution is -2.30. The second-order valence-electron chi connectivity index (χ2n) is 4.70. The van der Waals surface area contributed by atoms with Crippen LogP contribution in [0.3, 0.4) is 0 Å². The van der Waals surface area contributed by atoms with Crippen molar-refractivity contribution in [1.82, 2.24) is 10.3 Å². The quantitative estimate of drug-likeness (QED) is 0.661. The zero-order chi connectivity index (χ0) is 14.4. The SMILES string of the molecule is O=C(O)CC(O)CNCCc1cccc2cccnc12. The standard InChI is InChI=1S/C15H18N2O3/c18-13(9-14(19)20)10-16-8-6-12-4-1-3-11-5-2-7-17-15(11)12/h1-5,7,13,16,18H,6,8-10H2,(H,19,20). The molecule has 5 heteroatoms. The Balaban J connectivity index is 1.86. The summed E-state index contributed by atoms with van der Waals surface area (Å²) in [5.74, 6) is -0.988. The zero-order valence-electron chi connectivity index (χ0n) is 11.1. The molecule has 0 saturated carbocycles. The molecule has 3 N–H and O–H groups in total. The number of fused-ring (bicyclic) bond motifs is 1. The van der Waals surface area contributed by atoms with Gasteiger partial charge in [-0.1, -0.05) is 24.3 Å². The van der Waals surface area contributed by atoms with Crippen molar-refractivity contribution < 1.29 is 15.0 Å². The summed E-state index contributed by atoms with van der Waals surface area (Å²) in [5.41, 5.74) is 2.13. The molecule has 0 spiro atoms. The number of carbonyl (C=O) groups is 1. The Hall–Kier alpha value is -1.98. The van der Waals surface area contributed by atoms with E-state index in [2.05, 4.69) is 10.3 Å². The van der Waals surface area contributed by atoms with E-state index in [1.165, 1.54) is 0 Å². The minimum atomic E-state index is -0.988. The molecule has 106 valence electrons. The summed E-state index contributed by atoms with van der Waals surface area (Å²) < 4.78 is 0. The van der Waals surface area contributed by atoms with Crippen LogP contribution in [-0.2, 0) is 11.2 Å². The van der Waals surface area contributed by atoms with Crippen LogP contribution in [0.2, 0.25) is 0 Å². The number of carboxylic acids is 1. The molecule has 20 heavy (non-hydrogen) atoms. The maximum Gasteiger partial charge on any atom is 0.306 e. The third-order valence-corrected chi connectivity index (χ3v) is 3.08. The Labute approximate surface area is 117 Å². The van der Waals surface area contributed by atoms with Gasteiger partial charge in [-0.05, 0) is 24.6 Å². The van der Waals surface area contributed by atoms with Crippen LogP contribution in [-0.4, -0.2) is 40.4 Å². The molecule has 0 amide bonds. The topological polar surface area (TPSA) is 82.5 Å². The molecule has 0 saturated heterocycles. The first-order valence-corrected chi connectivity index (χ1v) is 6.60. The third kappa shape index (κ3) is 4.01. The number of para-hydroxylation sites is 1. The highest BCUT2D eigenvalue weighted by molar-refractivity contribution is 5.81. The second kappa shape index (κ2) is 6.98. The van der Waals surface area contributed by atoms with Crippen molar-refractivity contribution in [3.63, 3.8) is 0 Å². The number of rotatable bonds is 7. The van der Waals surface area contributed by atoms with Gasteiger partial charge in [-0.15, -0.1) is 0 Å². The molecule has 2 rings (SSSR count). The van der Waals surface area contributed by atoms with Gasteiger partial charge in [0, 0.05) is 18.1 Å². The van der Waals surface area contributed by atoms with Gasteiger partial charge in [0.2, 0.25) is 0 Å². The first-order chi connectivity index (χ1) is 9.66. The predicted octanol–water partition coefficient (Wildman–Crippen LogP) is 1.20. The fraction of sp³-hybridized carbons (Fsp3) is 0.333. The van der Waals surface area contributed by atoms with E-state index in [0.29, 0.717) is 6.54 Å². The van der Waals surface area contributed by atoms with Crippen molar-refractivity contribution in [2.75, 3.05) is 13.1 Å². The Morgan fingerprint density at radius 3 is 2.90 bits per heavy atom. The molecule has 0 aliphatic carbocycles. The number of benzene rings is 1. The van der Waals surface area contributed by atoms with Gasteiger partial charge in [-0.3, -0.25) is 9.78 Å². The molecular weight excluding hydrogens is 256 g/mol. The Morgan fingerprint density at radius 2 is 2.10 bits per heavy atom. The summed E-state index contributed by atoms with van der Waals surface area (Å²) in [6.07, 6.45) is 1.48. The summed E-state index contributed by atoms with van der Waals surface area (Å²) in [6, 6.07) is 9.99. The molecule has 1 unspecified atom stereocenters. The highest BCUT2D eigenvalue weighted by Crippen LogP contribution is 2.15. The van der Waals surface area contributed by atoms with Gasteiger partial charge in [-0.2, -0.15) is 0 Å². The fourth-order valence-electron chi connectivity index (χ4n) is 2.13. The smallest absolute Gasteiger partial charge is 0.306 e. The lowest BCUT2D eigenvalue weighted by Gasteiger charge is -2.10. The lowest BCUT2D eigenvalue weighted by molar-refractivity contribution is -0.139. The minimum Gasteiger partial charge on any atom is -0.481 e. The zero-order valence-corrected chi connectivity index (χ0v) is 11.1. The molecule has 0 aliphatic rings. The average molecular weight is 274 g/mol. The number of pyridine rings is 1. The maximum absolute atomic E-state index is 10.4.